The molecular formula is C20H35IN4S. The lowest BCUT2D eigenvalue weighted by molar-refractivity contribution is 0.221. The standard InChI is InChI=1S/C20H34N4S.HI/c1-21-20(22-12-4-7-15-25-2)23-16-18-8-10-19(11-9-18)17-24-13-5-3-6-14-24;/h8-11H,3-7,12-17H2,1-2H3,(H2,21,22,23);1H. The van der Waals surface area contributed by atoms with E-state index in [1.54, 1.807) is 0 Å². The summed E-state index contributed by atoms with van der Waals surface area (Å²) in [6.07, 6.45) is 8.70. The van der Waals surface area contributed by atoms with Gasteiger partial charge in [0.25, 0.3) is 0 Å². The van der Waals surface area contributed by atoms with Crippen LogP contribution in [0.3, 0.4) is 0 Å². The number of nitrogens with one attached hydrogen (secondary N) is 2. The Balaban J connectivity index is 0.00000338. The average molecular weight is 490 g/mol. The molecule has 26 heavy (non-hydrogen) atoms. The molecule has 4 nitrogen and oxygen atoms in total. The summed E-state index contributed by atoms with van der Waals surface area (Å²) in [7, 11) is 1.83. The summed E-state index contributed by atoms with van der Waals surface area (Å²) in [4.78, 5) is 6.87. The second-order valence-corrected chi connectivity index (χ2v) is 7.69. The lowest BCUT2D eigenvalue weighted by Crippen LogP contribution is -2.37. The van der Waals surface area contributed by atoms with E-state index in [2.05, 4.69) is 51.0 Å². The Labute approximate surface area is 181 Å². The molecule has 0 atom stereocenters. The Kier molecular flexibility index (Phi) is 13.2. The Morgan fingerprint density at radius 3 is 2.38 bits per heavy atom. The molecule has 0 aliphatic carbocycles. The first kappa shape index (κ1) is 23.6. The molecule has 0 spiro atoms. The van der Waals surface area contributed by atoms with E-state index in [1.165, 1.54) is 62.1 Å². The van der Waals surface area contributed by atoms with Crippen molar-refractivity contribution in [1.82, 2.24) is 15.5 Å². The maximum atomic E-state index is 4.30. The number of halogens is 1. The smallest absolute Gasteiger partial charge is 0.191 e. The van der Waals surface area contributed by atoms with E-state index in [1.807, 2.05) is 18.8 Å². The zero-order valence-electron chi connectivity index (χ0n) is 16.3. The van der Waals surface area contributed by atoms with Crippen molar-refractivity contribution in [2.45, 2.75) is 45.2 Å². The minimum absolute atomic E-state index is 0. The second kappa shape index (κ2) is 14.6. The van der Waals surface area contributed by atoms with E-state index in [-0.39, 0.29) is 24.0 Å². The summed E-state index contributed by atoms with van der Waals surface area (Å²) < 4.78 is 0. The van der Waals surface area contributed by atoms with Gasteiger partial charge in [0, 0.05) is 26.7 Å². The molecule has 1 aromatic rings. The first-order valence-electron chi connectivity index (χ1n) is 9.55. The highest BCUT2D eigenvalue weighted by molar-refractivity contribution is 14.0. The van der Waals surface area contributed by atoms with E-state index in [9.17, 15) is 0 Å². The normalized spacial score (nSPS) is 15.4. The van der Waals surface area contributed by atoms with Crippen LogP contribution in [0.2, 0.25) is 0 Å². The number of hydrogen-bond donors (Lipinski definition) is 2. The van der Waals surface area contributed by atoms with Crippen LogP contribution in [-0.4, -0.2) is 49.6 Å². The number of hydrogen-bond acceptors (Lipinski definition) is 3. The van der Waals surface area contributed by atoms with E-state index in [0.29, 0.717) is 0 Å². The van der Waals surface area contributed by atoms with Crippen LogP contribution in [0.25, 0.3) is 0 Å². The average Bonchev–Trinajstić information content (AvgIpc) is 2.66. The van der Waals surface area contributed by atoms with Gasteiger partial charge in [-0.25, -0.2) is 0 Å². The quantitative estimate of drug-likeness (QED) is 0.237. The summed E-state index contributed by atoms with van der Waals surface area (Å²) >= 11 is 1.91. The Hall–Kier alpha value is -0.470. The zero-order chi connectivity index (χ0) is 17.7. The van der Waals surface area contributed by atoms with Gasteiger partial charge in [-0.05, 0) is 61.9 Å². The van der Waals surface area contributed by atoms with E-state index in [4.69, 9.17) is 0 Å². The monoisotopic (exact) mass is 490 g/mol. The lowest BCUT2D eigenvalue weighted by Gasteiger charge is -2.26. The predicted octanol–water partition coefficient (Wildman–Crippen LogP) is 4.10. The summed E-state index contributed by atoms with van der Waals surface area (Å²) in [6, 6.07) is 9.00. The third kappa shape index (κ3) is 9.46. The van der Waals surface area contributed by atoms with Crippen LogP contribution in [0.4, 0.5) is 0 Å². The van der Waals surface area contributed by atoms with Gasteiger partial charge < -0.3 is 10.6 Å². The van der Waals surface area contributed by atoms with Gasteiger partial charge in [0.1, 0.15) is 0 Å². The number of likely N-dealkylation sites (tertiary alicyclic amines) is 1. The molecule has 2 N–H and O–H groups in total. The number of rotatable bonds is 9. The fraction of sp³-hybridized carbons (Fsp3) is 0.650. The molecule has 1 aliphatic rings. The summed E-state index contributed by atoms with van der Waals surface area (Å²) in [5.74, 6) is 2.12. The number of benzene rings is 1. The Morgan fingerprint density at radius 2 is 1.73 bits per heavy atom. The molecule has 148 valence electrons. The van der Waals surface area contributed by atoms with Crippen LogP contribution in [0.5, 0.6) is 0 Å². The number of unbranched alkanes of at least 4 members (excludes halogenated alkanes) is 1. The Morgan fingerprint density at radius 1 is 1.04 bits per heavy atom. The third-order valence-electron chi connectivity index (χ3n) is 4.63. The molecule has 1 aliphatic heterocycles. The second-order valence-electron chi connectivity index (χ2n) is 6.71. The van der Waals surface area contributed by atoms with Gasteiger partial charge in [-0.2, -0.15) is 11.8 Å². The van der Waals surface area contributed by atoms with Crippen molar-refractivity contribution in [3.05, 3.63) is 35.4 Å². The number of thioether (sulfide) groups is 1. The van der Waals surface area contributed by atoms with Crippen LogP contribution in [0.15, 0.2) is 29.3 Å². The molecule has 0 aromatic heterocycles. The number of aliphatic imine (C=N–C) groups is 1. The summed E-state index contributed by atoms with van der Waals surface area (Å²) in [6.45, 7) is 5.39. The van der Waals surface area contributed by atoms with Crippen molar-refractivity contribution in [2.75, 3.05) is 38.7 Å². The molecule has 2 rings (SSSR count). The number of nitrogens with zero attached hydrogens (tertiary/aromatic N) is 2. The number of guanidine groups is 1. The van der Waals surface area contributed by atoms with Crippen LogP contribution >= 0.6 is 35.7 Å². The van der Waals surface area contributed by atoms with E-state index >= 15 is 0 Å². The van der Waals surface area contributed by atoms with Crippen molar-refractivity contribution < 1.29 is 0 Å². The highest BCUT2D eigenvalue weighted by atomic mass is 127. The first-order valence-corrected chi connectivity index (χ1v) is 10.9. The highest BCUT2D eigenvalue weighted by Gasteiger charge is 2.10. The fourth-order valence-electron chi connectivity index (χ4n) is 3.12. The van der Waals surface area contributed by atoms with Gasteiger partial charge in [0.15, 0.2) is 5.96 Å². The molecule has 0 saturated carbocycles. The minimum atomic E-state index is 0. The zero-order valence-corrected chi connectivity index (χ0v) is 19.4. The van der Waals surface area contributed by atoms with Gasteiger partial charge in [-0.3, -0.25) is 9.89 Å². The lowest BCUT2D eigenvalue weighted by atomic mass is 10.1. The first-order chi connectivity index (χ1) is 12.3. The third-order valence-corrected chi connectivity index (χ3v) is 5.33. The summed E-state index contributed by atoms with van der Waals surface area (Å²) in [5, 5.41) is 6.79. The minimum Gasteiger partial charge on any atom is -0.356 e. The van der Waals surface area contributed by atoms with Crippen LogP contribution < -0.4 is 10.6 Å². The highest BCUT2D eigenvalue weighted by Crippen LogP contribution is 2.13. The molecule has 1 fully saturated rings. The van der Waals surface area contributed by atoms with E-state index < -0.39 is 0 Å². The maximum absolute atomic E-state index is 4.30. The van der Waals surface area contributed by atoms with Crippen molar-refractivity contribution in [1.29, 1.82) is 0 Å². The van der Waals surface area contributed by atoms with Crippen molar-refractivity contribution in [3.8, 4) is 0 Å². The molecule has 0 unspecified atom stereocenters. The van der Waals surface area contributed by atoms with Gasteiger partial charge in [0.05, 0.1) is 0 Å². The molecular weight excluding hydrogens is 455 g/mol. The molecule has 0 radical (unpaired) electrons. The Bertz CT molecular complexity index is 501. The van der Waals surface area contributed by atoms with E-state index in [0.717, 1.165) is 25.6 Å². The predicted molar refractivity (Wildman–Crippen MR) is 127 cm³/mol. The van der Waals surface area contributed by atoms with Crippen LogP contribution in [0, 0.1) is 0 Å². The molecule has 1 saturated heterocycles. The van der Waals surface area contributed by atoms with Gasteiger partial charge >= 0.3 is 0 Å². The largest absolute Gasteiger partial charge is 0.356 e. The molecule has 6 heteroatoms. The van der Waals surface area contributed by atoms with Crippen LogP contribution in [-0.2, 0) is 13.1 Å². The molecule has 0 bridgehead atoms. The molecule has 1 heterocycles. The van der Waals surface area contributed by atoms with Crippen molar-refractivity contribution in [3.63, 3.8) is 0 Å². The topological polar surface area (TPSA) is 39.7 Å². The SMILES string of the molecule is CN=C(NCCCCSC)NCc1ccc(CN2CCCCC2)cc1.I. The van der Waals surface area contributed by atoms with Gasteiger partial charge in [-0.15, -0.1) is 24.0 Å². The van der Waals surface area contributed by atoms with Gasteiger partial charge in [0.2, 0.25) is 0 Å². The fourth-order valence-corrected chi connectivity index (χ4v) is 3.62. The van der Waals surface area contributed by atoms with Gasteiger partial charge in [-0.1, -0.05) is 30.7 Å². The molecule has 1 aromatic carbocycles. The summed E-state index contributed by atoms with van der Waals surface area (Å²) in [5.41, 5.74) is 2.72. The van der Waals surface area contributed by atoms with Crippen molar-refractivity contribution >= 4 is 41.7 Å². The number of piperidine rings is 1. The molecule has 0 amide bonds. The maximum Gasteiger partial charge on any atom is 0.191 e. The van der Waals surface area contributed by atoms with Crippen LogP contribution in [0.1, 0.15) is 43.2 Å². The van der Waals surface area contributed by atoms with Crippen molar-refractivity contribution in [2.24, 2.45) is 4.99 Å².